The molecule has 0 bridgehead atoms. The van der Waals surface area contributed by atoms with Gasteiger partial charge in [-0.05, 0) is 25.7 Å². The van der Waals surface area contributed by atoms with Crippen molar-refractivity contribution >= 4 is 99.5 Å². The molecular weight excluding hydrogens is 1620 g/mol. The molecule has 13 N–H and O–H groups in total. The number of carbonyl (C=O) groups is 6. The first-order valence-corrected chi connectivity index (χ1v) is 40.3. The van der Waals surface area contributed by atoms with Gasteiger partial charge < -0.3 is 117 Å². The van der Waals surface area contributed by atoms with Crippen molar-refractivity contribution in [1.82, 2.24) is 21.3 Å². The molecule has 0 aromatic carbocycles. The number of fused-ring (bicyclic) bond motifs is 1. The van der Waals surface area contributed by atoms with E-state index in [9.17, 15) is 114 Å². The molecule has 7 aliphatic rings. The number of thioether (sulfide) groups is 1. The molecule has 7 aliphatic heterocycles. The average Bonchev–Trinajstić information content (AvgIpc) is 1.56. The Bertz CT molecular complexity index is 3670. The van der Waals surface area contributed by atoms with Gasteiger partial charge in [0.25, 0.3) is 0 Å². The van der Waals surface area contributed by atoms with Gasteiger partial charge in [-0.2, -0.15) is 53.9 Å². The van der Waals surface area contributed by atoms with Gasteiger partial charge >= 0.3 is 75.9 Å². The van der Waals surface area contributed by atoms with Gasteiger partial charge in [-0.3, -0.25) is 37.1 Å². The normalized spacial score (nSPS) is 36.8. The van der Waals surface area contributed by atoms with Crippen LogP contribution in [-0.4, -0.2) is 361 Å². The largest absolute Gasteiger partial charge is 0.481 e. The minimum Gasteiger partial charge on any atom is -0.481 e. The zero-order chi connectivity index (χ0) is 81.0. The number of carboxylic acids is 3. The number of rotatable bonds is 42. The molecule has 0 aromatic heterocycles. The number of nitrogens with one attached hydrogen (secondary N) is 4. The lowest BCUT2D eigenvalue weighted by molar-refractivity contribution is -0.390. The molecule has 0 saturated carbocycles. The molecule has 50 nitrogen and oxygen atoms in total. The summed E-state index contributed by atoms with van der Waals surface area (Å²) in [6.45, 7) is -2.38. The Morgan fingerprint density at radius 3 is 1.42 bits per heavy atom. The Labute approximate surface area is 626 Å². The molecule has 4 amide bonds. The molecule has 0 radical (unpaired) electrons. The molecule has 4 unspecified atom stereocenters. The lowest BCUT2D eigenvalue weighted by Gasteiger charge is -2.51. The maximum Gasteiger partial charge on any atom is 0.399 e. The highest BCUT2D eigenvalue weighted by atomic mass is 32.3. The van der Waals surface area contributed by atoms with Crippen LogP contribution in [0.25, 0.3) is 0 Å². The maximum absolute atomic E-state index is 13.9. The number of aliphatic hydroxyl groups excluding tert-OH is 1. The molecule has 0 aromatic rings. The van der Waals surface area contributed by atoms with E-state index < -0.39 is 242 Å². The van der Waals surface area contributed by atoms with Crippen molar-refractivity contribution < 1.29 is 211 Å². The van der Waals surface area contributed by atoms with Crippen molar-refractivity contribution in [2.24, 2.45) is 5.92 Å². The second-order valence-electron chi connectivity index (χ2n) is 24.7. The van der Waals surface area contributed by atoms with Crippen molar-refractivity contribution in [3.63, 3.8) is 0 Å². The Kier molecular flexibility index (Phi) is 33.5. The third kappa shape index (κ3) is 25.3. The minimum absolute atomic E-state index is 0.0342. The van der Waals surface area contributed by atoms with Gasteiger partial charge in [0, 0.05) is 80.2 Å². The van der Waals surface area contributed by atoms with Crippen LogP contribution in [0.2, 0.25) is 0 Å². The molecule has 7 heterocycles. The molecule has 28 atom stereocenters. The topological polar surface area (TPSA) is 697 Å². The van der Waals surface area contributed by atoms with Gasteiger partial charge in [0.15, 0.2) is 49.8 Å². The Morgan fingerprint density at radius 2 is 0.927 bits per heavy atom. The maximum atomic E-state index is 13.9. The molecule has 630 valence electrons. The number of amides is 4. The molecule has 109 heavy (non-hydrogen) atoms. The van der Waals surface area contributed by atoms with Crippen LogP contribution < -0.4 is 21.3 Å². The first-order chi connectivity index (χ1) is 51.0. The number of methoxy groups -OCH3 is 7. The molecule has 7 fully saturated rings. The number of carboxylic acid groups (broad SMARTS) is 3. The van der Waals surface area contributed by atoms with Gasteiger partial charge in [-0.25, -0.2) is 35.3 Å². The predicted molar refractivity (Wildman–Crippen MR) is 345 cm³/mol. The van der Waals surface area contributed by atoms with E-state index in [1.165, 1.54) is 0 Å². The summed E-state index contributed by atoms with van der Waals surface area (Å²) in [6, 6.07) is -1.67. The third-order valence-electron chi connectivity index (χ3n) is 17.8. The second-order valence-corrected chi connectivity index (χ2v) is 31.3. The van der Waals surface area contributed by atoms with E-state index in [4.69, 9.17) is 80.0 Å². The molecule has 7 rings (SSSR count). The lowest BCUT2D eigenvalue weighted by atomic mass is 9.91. The number of urea groups is 1. The van der Waals surface area contributed by atoms with Crippen LogP contribution in [0, 0.1) is 5.92 Å². The van der Waals surface area contributed by atoms with Gasteiger partial charge in [0.1, 0.15) is 97.4 Å². The van der Waals surface area contributed by atoms with Crippen molar-refractivity contribution in [3.05, 3.63) is 0 Å². The summed E-state index contributed by atoms with van der Waals surface area (Å²) in [5.74, 6) is -9.10. The van der Waals surface area contributed by atoms with Crippen molar-refractivity contribution in [1.29, 1.82) is 0 Å². The van der Waals surface area contributed by atoms with Crippen LogP contribution in [0.5, 0.6) is 0 Å². The minimum atomic E-state index is -5.98. The van der Waals surface area contributed by atoms with E-state index in [1.54, 1.807) is 11.8 Å². The van der Waals surface area contributed by atoms with Crippen LogP contribution in [0.3, 0.4) is 0 Å². The Balaban J connectivity index is 1.12. The van der Waals surface area contributed by atoms with E-state index in [0.29, 0.717) is 19.3 Å². The molecule has 0 spiro atoms. The highest BCUT2D eigenvalue weighted by molar-refractivity contribution is 8.00. The first-order valence-electron chi connectivity index (χ1n) is 32.4. The number of unbranched alkanes of at least 4 members (excludes halogenated alkanes) is 3. The highest BCUT2D eigenvalue weighted by Gasteiger charge is 2.62. The van der Waals surface area contributed by atoms with Crippen LogP contribution in [0.4, 0.5) is 4.79 Å². The fourth-order valence-electron chi connectivity index (χ4n) is 13.2. The third-order valence-corrected chi connectivity index (χ3v) is 21.6. The van der Waals surface area contributed by atoms with Gasteiger partial charge in [-0.1, -0.05) is 12.8 Å². The first kappa shape index (κ1) is 91.8. The average molecular weight is 1710 g/mol. The summed E-state index contributed by atoms with van der Waals surface area (Å²) in [4.78, 5) is 78.0. The van der Waals surface area contributed by atoms with Gasteiger partial charge in [0.05, 0.1) is 25.3 Å². The molecule has 56 heteroatoms. The fourth-order valence-corrected chi connectivity index (χ4v) is 16.8. The molecule has 0 aliphatic carbocycles. The predicted octanol–water partition coefficient (Wildman–Crippen LogP) is -6.20. The summed E-state index contributed by atoms with van der Waals surface area (Å²) >= 11 is 1.76. The van der Waals surface area contributed by atoms with Crippen LogP contribution in [-0.2, 0) is 173 Å². The van der Waals surface area contributed by atoms with E-state index in [1.807, 2.05) is 0 Å². The summed E-state index contributed by atoms with van der Waals surface area (Å²) in [7, 11) is -21.9. The van der Waals surface area contributed by atoms with Gasteiger partial charge in [0.2, 0.25) is 18.1 Å². The smallest absolute Gasteiger partial charge is 0.399 e. The van der Waals surface area contributed by atoms with Crippen LogP contribution in [0.15, 0.2) is 0 Å². The summed E-state index contributed by atoms with van der Waals surface area (Å²) in [5.41, 5.74) is 0. The van der Waals surface area contributed by atoms with E-state index in [0.717, 1.165) is 68.4 Å². The SMILES string of the molecule is CO[C@H]1O[C@H](OS(=O)(=O)O)[C@@H](O[C@@H]2O[C@@H](C(=O)O)[C@@H](O[C@H]3O[C@H](COS(=O)(=O)O)[C@@H](O[C@@H]4O[C@H](C(=O)O)C(O[C@H]5O[C@H](COS(=O)(=O)O)[C@@H](OC)[C@H](OC)[C@H]5NC(=O)CCCCCNC(=O)CCCCC5SCC6NC(=O)NC65)[C@H](OC)[C@H]4OC)[C@@H](O)[C@H]3OS(=O)(=O)O)[C@H](OC)[C@H]2OC)[C@H](C(=O)O)[C@H]1OS(=O)(=O)O. The van der Waals surface area contributed by atoms with Crippen molar-refractivity contribution in [2.75, 3.05) is 75.3 Å². The second kappa shape index (κ2) is 39.8. The summed E-state index contributed by atoms with van der Waals surface area (Å²) < 4.78 is 284. The van der Waals surface area contributed by atoms with Crippen molar-refractivity contribution in [3.8, 4) is 0 Å². The summed E-state index contributed by atoms with van der Waals surface area (Å²) in [6.07, 6.45) is -49.8. The van der Waals surface area contributed by atoms with Crippen LogP contribution in [0.1, 0.15) is 51.4 Å². The standard InChI is InChI=1S/C53H86N4O46S6/c1-83-31-22(18-91-106(71,72)73)92-47(28(34(31)84-2)56-25(59)15-9-8-12-16-54-24(58)14-11-10-13-23-27-20(19-104-23)55-53(67)57-27)96-38-36(85-3)42(87-5)50(98-40(38)45(63)64)94-30-21(17-90-105(68,69)70)93-49(35(29(30)60)102-108(77,78)79)97-39-37(86-4)43(88-6)51(99-41(39)46(65)66)95-32-26(44(61)62)33(101-107(74,75)76)48(89-7)100-52(32)103-109(80,81)82/h20-23,26-43,47-52,60H,8-19H2,1-7H3,(H,54,58)(H,56,59)(H,61,62)(H,63,64)(H,65,66)(H2,55,57,67)(H,68,69,70)(H,71,72,73)(H,74,75,76)(H,77,78,79)(H,80,81,82)/t20?,21-,22-,23?,26+,27?,28-,29-,30-,31-,32+,33-,34-,35-,36+,37+,38?,39+,40+,41-,42-,43-,47-,48+,49-,50-,51-,52-/m1/s1. The lowest BCUT2D eigenvalue weighted by Crippen LogP contribution is -2.70. The number of ether oxygens (including phenoxy) is 16. The number of aliphatic carboxylic acids is 3. The van der Waals surface area contributed by atoms with E-state index in [2.05, 4.69) is 38.0 Å². The monoisotopic (exact) mass is 1710 g/mol. The van der Waals surface area contributed by atoms with Crippen molar-refractivity contribution in [2.45, 2.75) is 216 Å². The molecule has 7 saturated heterocycles. The molecular formula is C53H86N4O46S6. The highest BCUT2D eigenvalue weighted by Crippen LogP contribution is 2.42. The van der Waals surface area contributed by atoms with E-state index in [-0.39, 0.29) is 55.1 Å². The number of hydrogen-bond donors (Lipinski definition) is 13. The fraction of sp³-hybridized carbons (Fsp3) is 0.887. The van der Waals surface area contributed by atoms with Crippen LogP contribution >= 0.6 is 11.8 Å². The van der Waals surface area contributed by atoms with E-state index >= 15 is 0 Å². The zero-order valence-corrected chi connectivity index (χ0v) is 63.1. The van der Waals surface area contributed by atoms with Gasteiger partial charge in [-0.15, -0.1) is 0 Å². The Hall–Kier alpha value is -4.36. The number of carbonyl (C=O) groups excluding carboxylic acids is 3. The quantitative estimate of drug-likeness (QED) is 0.0154. The number of hydrogen-bond acceptors (Lipinski definition) is 39. The number of aliphatic hydroxyl groups is 1. The zero-order valence-electron chi connectivity index (χ0n) is 58.2. The Morgan fingerprint density at radius 1 is 0.459 bits per heavy atom. The summed E-state index contributed by atoms with van der Waals surface area (Å²) in [5, 5.41) is 55.8.